The molecular weight excluding hydrogens is 380 g/mol. The molecule has 1 atom stereocenters. The largest absolute Gasteiger partial charge is 0.350 e. The summed E-state index contributed by atoms with van der Waals surface area (Å²) in [6, 6.07) is 19.1. The van der Waals surface area contributed by atoms with Gasteiger partial charge in [-0.05, 0) is 24.6 Å². The number of carbonyl (C=O) groups is 3. The van der Waals surface area contributed by atoms with Gasteiger partial charge in [0, 0.05) is 24.5 Å². The highest BCUT2D eigenvalue weighted by molar-refractivity contribution is 6.03. The molecule has 4 rings (SSSR count). The van der Waals surface area contributed by atoms with Crippen molar-refractivity contribution < 1.29 is 14.4 Å². The Kier molecular flexibility index (Phi) is 5.03. The van der Waals surface area contributed by atoms with Crippen molar-refractivity contribution in [2.45, 2.75) is 25.6 Å². The average Bonchev–Trinajstić information content (AvgIpc) is 3.13. The zero-order valence-electron chi connectivity index (χ0n) is 17.0. The van der Waals surface area contributed by atoms with E-state index in [1.165, 1.54) is 4.90 Å². The van der Waals surface area contributed by atoms with Crippen LogP contribution in [-0.4, -0.2) is 46.3 Å². The highest BCUT2D eigenvalue weighted by Gasteiger charge is 2.45. The van der Waals surface area contributed by atoms with Gasteiger partial charge in [0.2, 0.25) is 11.8 Å². The van der Waals surface area contributed by atoms with E-state index in [2.05, 4.69) is 10.6 Å². The Hall–Kier alpha value is -3.61. The molecular formula is C23H24N4O3. The molecule has 0 bridgehead atoms. The van der Waals surface area contributed by atoms with Gasteiger partial charge in [0.15, 0.2) is 0 Å². The predicted molar refractivity (Wildman–Crippen MR) is 114 cm³/mol. The normalized spacial score (nSPS) is 18.2. The lowest BCUT2D eigenvalue weighted by Gasteiger charge is -2.41. The molecule has 7 heteroatoms. The minimum atomic E-state index is -1.11. The summed E-state index contributed by atoms with van der Waals surface area (Å²) in [5.74, 6) is -0.868. The summed E-state index contributed by atoms with van der Waals surface area (Å²) >= 11 is 0. The summed E-state index contributed by atoms with van der Waals surface area (Å²) in [6.07, 6.45) is 0. The average molecular weight is 404 g/mol. The number of amides is 3. The number of hydrogen-bond acceptors (Lipinski definition) is 3. The van der Waals surface area contributed by atoms with Crippen molar-refractivity contribution in [3.63, 3.8) is 0 Å². The molecule has 2 N–H and O–H groups in total. The van der Waals surface area contributed by atoms with Crippen LogP contribution in [0.4, 0.5) is 0 Å². The number of nitrogens with zero attached hydrogens (tertiary/aromatic N) is 2. The van der Waals surface area contributed by atoms with Crippen LogP contribution in [-0.2, 0) is 22.7 Å². The Balaban J connectivity index is 1.45. The molecule has 0 saturated carbocycles. The van der Waals surface area contributed by atoms with E-state index in [-0.39, 0.29) is 24.3 Å². The number of para-hydroxylation sites is 1. The number of rotatable bonds is 5. The first-order valence-corrected chi connectivity index (χ1v) is 9.85. The molecule has 3 amide bonds. The number of benzene rings is 2. The minimum absolute atomic E-state index is 0.150. The zero-order chi connectivity index (χ0) is 21.3. The highest BCUT2D eigenvalue weighted by atomic mass is 16.2. The number of nitrogens with one attached hydrogen (secondary N) is 2. The third-order valence-corrected chi connectivity index (χ3v) is 5.77. The van der Waals surface area contributed by atoms with E-state index >= 15 is 0 Å². The van der Waals surface area contributed by atoms with E-state index in [1.807, 2.05) is 65.2 Å². The van der Waals surface area contributed by atoms with E-state index in [1.54, 1.807) is 14.0 Å². The molecule has 0 radical (unpaired) electrons. The van der Waals surface area contributed by atoms with E-state index in [0.717, 1.165) is 16.5 Å². The number of carbonyl (C=O) groups excluding carboxylic acids is 3. The maximum Gasteiger partial charge on any atom is 0.271 e. The molecule has 2 aromatic carbocycles. The maximum absolute atomic E-state index is 13.0. The van der Waals surface area contributed by atoms with Crippen molar-refractivity contribution in [2.75, 3.05) is 13.6 Å². The van der Waals surface area contributed by atoms with Crippen LogP contribution in [0.5, 0.6) is 0 Å². The molecule has 3 aromatic rings. The van der Waals surface area contributed by atoms with Gasteiger partial charge in [0.25, 0.3) is 5.91 Å². The Bertz CT molecular complexity index is 1120. The number of aromatic nitrogens is 1. The van der Waals surface area contributed by atoms with Gasteiger partial charge >= 0.3 is 0 Å². The van der Waals surface area contributed by atoms with Crippen LogP contribution in [0.15, 0.2) is 60.7 Å². The van der Waals surface area contributed by atoms with Crippen molar-refractivity contribution in [3.8, 4) is 0 Å². The molecule has 0 saturated heterocycles. The van der Waals surface area contributed by atoms with Crippen LogP contribution in [0.3, 0.4) is 0 Å². The molecule has 0 fully saturated rings. The van der Waals surface area contributed by atoms with E-state index in [9.17, 15) is 14.4 Å². The molecule has 0 unspecified atom stereocenters. The Labute approximate surface area is 174 Å². The third-order valence-electron chi connectivity index (χ3n) is 5.77. The lowest BCUT2D eigenvalue weighted by molar-refractivity contribution is -0.134. The van der Waals surface area contributed by atoms with Crippen molar-refractivity contribution in [2.24, 2.45) is 0 Å². The molecule has 0 spiro atoms. The first kappa shape index (κ1) is 19.7. The molecule has 0 aliphatic carbocycles. The zero-order valence-corrected chi connectivity index (χ0v) is 17.0. The van der Waals surface area contributed by atoms with Gasteiger partial charge in [-0.2, -0.15) is 0 Å². The minimum Gasteiger partial charge on any atom is -0.350 e. The van der Waals surface area contributed by atoms with Crippen molar-refractivity contribution >= 4 is 28.6 Å². The van der Waals surface area contributed by atoms with Crippen LogP contribution >= 0.6 is 0 Å². The van der Waals surface area contributed by atoms with Crippen molar-refractivity contribution in [3.05, 3.63) is 71.9 Å². The molecule has 2 heterocycles. The van der Waals surface area contributed by atoms with E-state index < -0.39 is 5.54 Å². The first-order chi connectivity index (χ1) is 14.4. The van der Waals surface area contributed by atoms with Gasteiger partial charge in [0.05, 0.1) is 13.1 Å². The predicted octanol–water partition coefficient (Wildman–Crippen LogP) is 1.92. The lowest BCUT2D eigenvalue weighted by atomic mass is 9.95. The lowest BCUT2D eigenvalue weighted by Crippen LogP contribution is -2.63. The molecule has 154 valence electrons. The summed E-state index contributed by atoms with van der Waals surface area (Å²) in [5.41, 5.74) is 1.35. The highest BCUT2D eigenvalue weighted by Crippen LogP contribution is 2.31. The molecule has 1 aliphatic heterocycles. The Morgan fingerprint density at radius 2 is 1.73 bits per heavy atom. The summed E-state index contributed by atoms with van der Waals surface area (Å²) < 4.78 is 1.88. The monoisotopic (exact) mass is 404 g/mol. The maximum atomic E-state index is 13.0. The third kappa shape index (κ3) is 3.43. The summed E-state index contributed by atoms with van der Waals surface area (Å²) in [6.45, 7) is 2.28. The first-order valence-electron chi connectivity index (χ1n) is 9.85. The summed E-state index contributed by atoms with van der Waals surface area (Å²) in [7, 11) is 1.62. The molecule has 1 aromatic heterocycles. The van der Waals surface area contributed by atoms with E-state index in [0.29, 0.717) is 18.8 Å². The van der Waals surface area contributed by atoms with Gasteiger partial charge in [-0.25, -0.2) is 0 Å². The number of likely N-dealkylation sites (N-methyl/N-ethyl adjacent to an activating group) is 1. The van der Waals surface area contributed by atoms with Gasteiger partial charge < -0.3 is 20.1 Å². The fourth-order valence-electron chi connectivity index (χ4n) is 3.80. The molecule has 1 aliphatic rings. The Morgan fingerprint density at radius 1 is 1.03 bits per heavy atom. The van der Waals surface area contributed by atoms with Gasteiger partial charge in [-0.3, -0.25) is 14.4 Å². The van der Waals surface area contributed by atoms with Crippen LogP contribution < -0.4 is 10.6 Å². The molecule has 7 nitrogen and oxygen atoms in total. The van der Waals surface area contributed by atoms with Crippen LogP contribution in [0.25, 0.3) is 10.9 Å². The topological polar surface area (TPSA) is 83.4 Å². The van der Waals surface area contributed by atoms with Crippen molar-refractivity contribution in [1.29, 1.82) is 0 Å². The van der Waals surface area contributed by atoms with Gasteiger partial charge in [0.1, 0.15) is 11.2 Å². The van der Waals surface area contributed by atoms with Crippen molar-refractivity contribution in [1.82, 2.24) is 20.1 Å². The van der Waals surface area contributed by atoms with Gasteiger partial charge in [-0.1, -0.05) is 48.5 Å². The van der Waals surface area contributed by atoms with Crippen LogP contribution in [0.1, 0.15) is 23.0 Å². The second-order valence-corrected chi connectivity index (χ2v) is 7.76. The second-order valence-electron chi connectivity index (χ2n) is 7.76. The number of fused-ring (bicyclic) bond motifs is 3. The van der Waals surface area contributed by atoms with Crippen LogP contribution in [0.2, 0.25) is 0 Å². The SMILES string of the molecule is CN1C(=O)c2cc3ccccc3n2C[C@]1(C)C(=O)NCC(=O)NCc1ccccc1. The fraction of sp³-hybridized carbons (Fsp3) is 0.261. The summed E-state index contributed by atoms with van der Waals surface area (Å²) in [4.78, 5) is 39.6. The standard InChI is InChI=1S/C23H24N4O3/c1-23(22(30)25-14-20(28)24-13-16-8-4-3-5-9-16)15-27-18-11-7-6-10-17(18)12-19(27)21(29)26(23)2/h3-12H,13-15H2,1-2H3,(H,24,28)(H,25,30)/t23-/m1/s1. The Morgan fingerprint density at radius 3 is 2.50 bits per heavy atom. The second kappa shape index (κ2) is 7.67. The molecule has 30 heavy (non-hydrogen) atoms. The van der Waals surface area contributed by atoms with Gasteiger partial charge in [-0.15, -0.1) is 0 Å². The van der Waals surface area contributed by atoms with Crippen LogP contribution in [0, 0.1) is 0 Å². The quantitative estimate of drug-likeness (QED) is 0.682. The smallest absolute Gasteiger partial charge is 0.271 e. The summed E-state index contributed by atoms with van der Waals surface area (Å²) in [5, 5.41) is 6.44. The van der Waals surface area contributed by atoms with E-state index in [4.69, 9.17) is 0 Å². The fourth-order valence-corrected chi connectivity index (χ4v) is 3.80. The number of hydrogen-bond donors (Lipinski definition) is 2.